The lowest BCUT2D eigenvalue weighted by molar-refractivity contribution is 0.402. The van der Waals surface area contributed by atoms with E-state index in [1.165, 1.54) is 11.4 Å². The van der Waals surface area contributed by atoms with Crippen molar-refractivity contribution in [3.8, 4) is 0 Å². The van der Waals surface area contributed by atoms with Crippen molar-refractivity contribution < 1.29 is 0 Å². The Hall–Kier alpha value is -1.80. The third-order valence-corrected chi connectivity index (χ3v) is 3.12. The maximum Gasteiger partial charge on any atom is 0.0410 e. The van der Waals surface area contributed by atoms with Gasteiger partial charge in [0.25, 0.3) is 0 Å². The summed E-state index contributed by atoms with van der Waals surface area (Å²) in [5.41, 5.74) is 2.51. The number of hydrogen-bond acceptors (Lipinski definition) is 2. The Balaban J connectivity index is 2.14. The smallest absolute Gasteiger partial charge is 0.0410 e. The molecule has 0 unspecified atom stereocenters. The molecule has 2 rings (SSSR count). The SMILES string of the molecule is CN(C)CCCN(c1ccccc1)c1ccccc1. The van der Waals surface area contributed by atoms with E-state index in [9.17, 15) is 0 Å². The summed E-state index contributed by atoms with van der Waals surface area (Å²) in [5.74, 6) is 0. The Kier molecular flexibility index (Phi) is 4.99. The molecular formula is C17H22N2. The van der Waals surface area contributed by atoms with Crippen LogP contribution in [0.25, 0.3) is 0 Å². The van der Waals surface area contributed by atoms with Crippen molar-refractivity contribution >= 4 is 11.4 Å². The van der Waals surface area contributed by atoms with Crippen molar-refractivity contribution in [3.05, 3.63) is 60.7 Å². The predicted molar refractivity (Wildman–Crippen MR) is 83.1 cm³/mol. The van der Waals surface area contributed by atoms with E-state index in [1.54, 1.807) is 0 Å². The van der Waals surface area contributed by atoms with Gasteiger partial charge in [-0.25, -0.2) is 0 Å². The molecule has 0 atom stereocenters. The van der Waals surface area contributed by atoms with Crippen LogP contribution in [-0.4, -0.2) is 32.1 Å². The van der Waals surface area contributed by atoms with Gasteiger partial charge in [-0.2, -0.15) is 0 Å². The Labute approximate surface area is 116 Å². The van der Waals surface area contributed by atoms with Gasteiger partial charge in [0, 0.05) is 17.9 Å². The molecule has 100 valence electrons. The molecule has 0 aromatic heterocycles. The molecule has 0 N–H and O–H groups in total. The highest BCUT2D eigenvalue weighted by Crippen LogP contribution is 2.24. The molecule has 2 aromatic rings. The first kappa shape index (κ1) is 13.6. The highest BCUT2D eigenvalue weighted by Gasteiger charge is 2.08. The lowest BCUT2D eigenvalue weighted by Crippen LogP contribution is -2.23. The standard InChI is InChI=1S/C17H22N2/c1-18(2)14-9-15-19(16-10-5-3-6-11-16)17-12-7-4-8-13-17/h3-8,10-13H,9,14-15H2,1-2H3. The van der Waals surface area contributed by atoms with Crippen molar-refractivity contribution in [2.24, 2.45) is 0 Å². The fourth-order valence-corrected chi connectivity index (χ4v) is 2.17. The molecule has 0 saturated heterocycles. The maximum atomic E-state index is 2.38. The van der Waals surface area contributed by atoms with Gasteiger partial charge < -0.3 is 9.80 Å². The number of benzene rings is 2. The van der Waals surface area contributed by atoms with Crippen LogP contribution in [0.1, 0.15) is 6.42 Å². The van der Waals surface area contributed by atoms with E-state index in [0.29, 0.717) is 0 Å². The quantitative estimate of drug-likeness (QED) is 0.774. The lowest BCUT2D eigenvalue weighted by Gasteiger charge is -2.25. The number of hydrogen-bond donors (Lipinski definition) is 0. The molecule has 0 saturated carbocycles. The summed E-state index contributed by atoms with van der Waals surface area (Å²) in [7, 11) is 4.24. The second-order valence-corrected chi connectivity index (χ2v) is 4.98. The molecule has 0 aliphatic carbocycles. The fraction of sp³-hybridized carbons (Fsp3) is 0.294. The van der Waals surface area contributed by atoms with Crippen molar-refractivity contribution in [2.75, 3.05) is 32.1 Å². The molecule has 0 bridgehead atoms. The lowest BCUT2D eigenvalue weighted by atomic mass is 10.2. The minimum Gasteiger partial charge on any atom is -0.341 e. The van der Waals surface area contributed by atoms with Crippen molar-refractivity contribution in [3.63, 3.8) is 0 Å². The van der Waals surface area contributed by atoms with Crippen LogP contribution in [0.5, 0.6) is 0 Å². The molecule has 0 spiro atoms. The molecule has 0 aliphatic rings. The number of para-hydroxylation sites is 2. The molecule has 0 fully saturated rings. The molecule has 0 heterocycles. The van der Waals surface area contributed by atoms with Gasteiger partial charge in [-0.3, -0.25) is 0 Å². The van der Waals surface area contributed by atoms with Gasteiger partial charge in [0.15, 0.2) is 0 Å². The van der Waals surface area contributed by atoms with E-state index in [2.05, 4.69) is 84.6 Å². The first-order valence-electron chi connectivity index (χ1n) is 6.80. The van der Waals surface area contributed by atoms with E-state index < -0.39 is 0 Å². The van der Waals surface area contributed by atoms with Crippen LogP contribution in [0.3, 0.4) is 0 Å². The highest BCUT2D eigenvalue weighted by atomic mass is 15.1. The van der Waals surface area contributed by atoms with Crippen LogP contribution >= 0.6 is 0 Å². The highest BCUT2D eigenvalue weighted by molar-refractivity contribution is 5.62. The van der Waals surface area contributed by atoms with Gasteiger partial charge in [-0.15, -0.1) is 0 Å². The largest absolute Gasteiger partial charge is 0.341 e. The average Bonchev–Trinajstić information content (AvgIpc) is 2.45. The summed E-state index contributed by atoms with van der Waals surface area (Å²) < 4.78 is 0. The molecule has 0 radical (unpaired) electrons. The number of nitrogens with zero attached hydrogens (tertiary/aromatic N) is 2. The van der Waals surface area contributed by atoms with Crippen LogP contribution in [0.4, 0.5) is 11.4 Å². The van der Waals surface area contributed by atoms with E-state index in [0.717, 1.165) is 19.5 Å². The Bertz CT molecular complexity index is 426. The zero-order valence-electron chi connectivity index (χ0n) is 11.8. The zero-order valence-corrected chi connectivity index (χ0v) is 11.8. The summed E-state index contributed by atoms with van der Waals surface area (Å²) in [6.45, 7) is 2.14. The first-order valence-corrected chi connectivity index (χ1v) is 6.80. The van der Waals surface area contributed by atoms with E-state index in [4.69, 9.17) is 0 Å². The average molecular weight is 254 g/mol. The third kappa shape index (κ3) is 4.11. The Morgan fingerprint density at radius 2 is 1.16 bits per heavy atom. The van der Waals surface area contributed by atoms with Gasteiger partial charge >= 0.3 is 0 Å². The summed E-state index contributed by atoms with van der Waals surface area (Å²) in [6, 6.07) is 21.2. The monoisotopic (exact) mass is 254 g/mol. The predicted octanol–water partition coefficient (Wildman–Crippen LogP) is 3.78. The Morgan fingerprint density at radius 3 is 1.58 bits per heavy atom. The van der Waals surface area contributed by atoms with E-state index in [-0.39, 0.29) is 0 Å². The number of rotatable bonds is 6. The van der Waals surface area contributed by atoms with E-state index in [1.807, 2.05) is 0 Å². The molecule has 0 aliphatic heterocycles. The normalized spacial score (nSPS) is 10.7. The summed E-state index contributed by atoms with van der Waals surface area (Å²) >= 11 is 0. The van der Waals surface area contributed by atoms with Gasteiger partial charge in [0.05, 0.1) is 0 Å². The molecular weight excluding hydrogens is 232 g/mol. The van der Waals surface area contributed by atoms with Crippen molar-refractivity contribution in [2.45, 2.75) is 6.42 Å². The zero-order chi connectivity index (χ0) is 13.5. The van der Waals surface area contributed by atoms with Crippen LogP contribution < -0.4 is 4.90 Å². The first-order chi connectivity index (χ1) is 9.27. The van der Waals surface area contributed by atoms with Crippen molar-refractivity contribution in [1.29, 1.82) is 0 Å². The topological polar surface area (TPSA) is 6.48 Å². The second-order valence-electron chi connectivity index (χ2n) is 4.98. The van der Waals surface area contributed by atoms with Gasteiger partial charge in [-0.05, 0) is 51.3 Å². The van der Waals surface area contributed by atoms with E-state index >= 15 is 0 Å². The van der Waals surface area contributed by atoms with Gasteiger partial charge in [-0.1, -0.05) is 36.4 Å². The van der Waals surface area contributed by atoms with Crippen LogP contribution in [0.15, 0.2) is 60.7 Å². The summed E-state index contributed by atoms with van der Waals surface area (Å²) in [4.78, 5) is 4.61. The van der Waals surface area contributed by atoms with Crippen LogP contribution in [0, 0.1) is 0 Å². The van der Waals surface area contributed by atoms with Crippen molar-refractivity contribution in [1.82, 2.24) is 4.90 Å². The molecule has 2 nitrogen and oxygen atoms in total. The minimum atomic E-state index is 1.03. The number of anilines is 2. The van der Waals surface area contributed by atoms with Crippen LogP contribution in [0.2, 0.25) is 0 Å². The summed E-state index contributed by atoms with van der Waals surface area (Å²) in [6.07, 6.45) is 1.15. The molecule has 19 heavy (non-hydrogen) atoms. The Morgan fingerprint density at radius 1 is 0.684 bits per heavy atom. The maximum absolute atomic E-state index is 2.38. The fourth-order valence-electron chi connectivity index (χ4n) is 2.17. The van der Waals surface area contributed by atoms with Crippen LogP contribution in [-0.2, 0) is 0 Å². The minimum absolute atomic E-state index is 1.03. The molecule has 2 heteroatoms. The molecule has 0 amide bonds. The van der Waals surface area contributed by atoms with Gasteiger partial charge in [0.1, 0.15) is 0 Å². The van der Waals surface area contributed by atoms with Gasteiger partial charge in [0.2, 0.25) is 0 Å². The second kappa shape index (κ2) is 6.95. The summed E-state index contributed by atoms with van der Waals surface area (Å²) in [5, 5.41) is 0. The third-order valence-electron chi connectivity index (χ3n) is 3.12. The molecule has 2 aromatic carbocycles.